The SMILES string of the molecule is COc1ccc(C)cc1NC(=O)[C@H](Oc1ccc(C(F)(F)F)cc1)c1ccccc1. The Morgan fingerprint density at radius 3 is 2.23 bits per heavy atom. The van der Waals surface area contributed by atoms with Crippen LogP contribution in [0.5, 0.6) is 11.5 Å². The molecular weight excluding hydrogens is 395 g/mol. The first kappa shape index (κ1) is 21.2. The van der Waals surface area contributed by atoms with Crippen molar-refractivity contribution in [1.29, 1.82) is 0 Å². The third-order valence-electron chi connectivity index (χ3n) is 4.39. The number of benzene rings is 3. The largest absolute Gasteiger partial charge is 0.495 e. The molecule has 1 amide bonds. The van der Waals surface area contributed by atoms with Gasteiger partial charge >= 0.3 is 6.18 Å². The summed E-state index contributed by atoms with van der Waals surface area (Å²) >= 11 is 0. The van der Waals surface area contributed by atoms with Gasteiger partial charge in [0.1, 0.15) is 11.5 Å². The molecule has 0 saturated carbocycles. The second-order valence-corrected chi connectivity index (χ2v) is 6.62. The maximum absolute atomic E-state index is 13.1. The monoisotopic (exact) mass is 415 g/mol. The summed E-state index contributed by atoms with van der Waals surface area (Å²) in [6.07, 6.45) is -5.52. The summed E-state index contributed by atoms with van der Waals surface area (Å²) in [6, 6.07) is 18.3. The fourth-order valence-corrected chi connectivity index (χ4v) is 2.88. The van der Waals surface area contributed by atoms with Crippen molar-refractivity contribution in [3.05, 3.63) is 89.5 Å². The lowest BCUT2D eigenvalue weighted by Gasteiger charge is -2.20. The molecule has 0 fully saturated rings. The number of nitrogens with one attached hydrogen (secondary N) is 1. The molecular formula is C23H20F3NO3. The lowest BCUT2D eigenvalue weighted by molar-refractivity contribution is -0.137. The van der Waals surface area contributed by atoms with Crippen LogP contribution in [0.15, 0.2) is 72.8 Å². The molecule has 0 aliphatic heterocycles. The van der Waals surface area contributed by atoms with E-state index in [-0.39, 0.29) is 5.75 Å². The molecule has 0 saturated heterocycles. The molecule has 0 aliphatic carbocycles. The van der Waals surface area contributed by atoms with E-state index in [0.717, 1.165) is 17.7 Å². The van der Waals surface area contributed by atoms with E-state index in [0.29, 0.717) is 17.0 Å². The Balaban J connectivity index is 1.88. The zero-order valence-corrected chi connectivity index (χ0v) is 16.4. The molecule has 0 aliphatic rings. The van der Waals surface area contributed by atoms with E-state index in [1.807, 2.05) is 13.0 Å². The van der Waals surface area contributed by atoms with E-state index in [2.05, 4.69) is 5.32 Å². The number of hydrogen-bond donors (Lipinski definition) is 1. The van der Waals surface area contributed by atoms with Crippen molar-refractivity contribution in [1.82, 2.24) is 0 Å². The van der Waals surface area contributed by atoms with Crippen molar-refractivity contribution in [2.45, 2.75) is 19.2 Å². The lowest BCUT2D eigenvalue weighted by atomic mass is 10.1. The second kappa shape index (κ2) is 8.90. The van der Waals surface area contributed by atoms with Gasteiger partial charge < -0.3 is 14.8 Å². The number of aryl methyl sites for hydroxylation is 1. The Labute approximate surface area is 172 Å². The van der Waals surface area contributed by atoms with Crippen LogP contribution in [0.25, 0.3) is 0 Å². The number of ether oxygens (including phenoxy) is 2. The van der Waals surface area contributed by atoms with Gasteiger partial charge in [-0.2, -0.15) is 13.2 Å². The van der Waals surface area contributed by atoms with Crippen molar-refractivity contribution >= 4 is 11.6 Å². The van der Waals surface area contributed by atoms with Crippen molar-refractivity contribution in [3.8, 4) is 11.5 Å². The molecule has 0 heterocycles. The lowest BCUT2D eigenvalue weighted by Crippen LogP contribution is -2.26. The number of halogens is 3. The molecule has 0 radical (unpaired) electrons. The van der Waals surface area contributed by atoms with E-state index in [1.54, 1.807) is 42.5 Å². The van der Waals surface area contributed by atoms with Gasteiger partial charge in [0.15, 0.2) is 0 Å². The molecule has 1 N–H and O–H groups in total. The molecule has 30 heavy (non-hydrogen) atoms. The predicted octanol–water partition coefficient (Wildman–Crippen LogP) is 5.78. The molecule has 7 heteroatoms. The highest BCUT2D eigenvalue weighted by Crippen LogP contribution is 2.32. The Kier molecular flexibility index (Phi) is 6.30. The van der Waals surface area contributed by atoms with Gasteiger partial charge in [-0.3, -0.25) is 4.79 Å². The highest BCUT2D eigenvalue weighted by Gasteiger charge is 2.30. The summed E-state index contributed by atoms with van der Waals surface area (Å²) in [5, 5.41) is 2.79. The zero-order chi connectivity index (χ0) is 21.7. The van der Waals surface area contributed by atoms with Crippen LogP contribution in [0.4, 0.5) is 18.9 Å². The Hall–Kier alpha value is -3.48. The van der Waals surface area contributed by atoms with Gasteiger partial charge in [0.25, 0.3) is 5.91 Å². The standard InChI is InChI=1S/C23H20F3NO3/c1-15-8-13-20(29-2)19(14-15)27-22(28)21(16-6-4-3-5-7-16)30-18-11-9-17(10-12-18)23(24,25)26/h3-14,21H,1-2H3,(H,27,28)/t21-/m1/s1. The molecule has 3 aromatic rings. The van der Waals surface area contributed by atoms with Crippen LogP contribution in [-0.4, -0.2) is 13.0 Å². The van der Waals surface area contributed by atoms with Gasteiger partial charge in [0.05, 0.1) is 18.4 Å². The van der Waals surface area contributed by atoms with Crippen molar-refractivity contribution in [2.24, 2.45) is 0 Å². The minimum atomic E-state index is -4.45. The number of alkyl halides is 3. The minimum absolute atomic E-state index is 0.142. The fraction of sp³-hybridized carbons (Fsp3) is 0.174. The number of methoxy groups -OCH3 is 1. The van der Waals surface area contributed by atoms with Crippen molar-refractivity contribution in [2.75, 3.05) is 12.4 Å². The number of carbonyl (C=O) groups is 1. The average Bonchev–Trinajstić information content (AvgIpc) is 2.72. The van der Waals surface area contributed by atoms with Gasteiger partial charge in [0, 0.05) is 5.56 Å². The summed E-state index contributed by atoms with van der Waals surface area (Å²) in [4.78, 5) is 13.1. The molecule has 3 rings (SSSR count). The highest BCUT2D eigenvalue weighted by molar-refractivity contribution is 5.96. The summed E-state index contributed by atoms with van der Waals surface area (Å²) < 4.78 is 49.5. The first-order valence-electron chi connectivity index (χ1n) is 9.12. The van der Waals surface area contributed by atoms with E-state index in [4.69, 9.17) is 9.47 Å². The van der Waals surface area contributed by atoms with Crippen LogP contribution in [0, 0.1) is 6.92 Å². The van der Waals surface area contributed by atoms with Crippen LogP contribution < -0.4 is 14.8 Å². The van der Waals surface area contributed by atoms with Crippen LogP contribution in [0.1, 0.15) is 22.8 Å². The molecule has 0 bridgehead atoms. The summed E-state index contributed by atoms with van der Waals surface area (Å²) in [5.74, 6) is 0.142. The molecule has 0 unspecified atom stereocenters. The molecule has 156 valence electrons. The molecule has 0 spiro atoms. The van der Waals surface area contributed by atoms with Gasteiger partial charge in [-0.05, 0) is 48.9 Å². The minimum Gasteiger partial charge on any atom is -0.495 e. The number of hydrogen-bond acceptors (Lipinski definition) is 3. The smallest absolute Gasteiger partial charge is 0.416 e. The van der Waals surface area contributed by atoms with Crippen LogP contribution in [-0.2, 0) is 11.0 Å². The van der Waals surface area contributed by atoms with Crippen LogP contribution >= 0.6 is 0 Å². The first-order valence-corrected chi connectivity index (χ1v) is 9.12. The van der Waals surface area contributed by atoms with E-state index < -0.39 is 23.8 Å². The maximum atomic E-state index is 13.1. The first-order chi connectivity index (χ1) is 14.3. The maximum Gasteiger partial charge on any atom is 0.416 e. The van der Waals surface area contributed by atoms with Gasteiger partial charge in [-0.15, -0.1) is 0 Å². The van der Waals surface area contributed by atoms with Gasteiger partial charge in [-0.1, -0.05) is 36.4 Å². The average molecular weight is 415 g/mol. The Bertz CT molecular complexity index is 1000. The summed E-state index contributed by atoms with van der Waals surface area (Å²) in [5.41, 5.74) is 1.16. The summed E-state index contributed by atoms with van der Waals surface area (Å²) in [7, 11) is 1.49. The fourth-order valence-electron chi connectivity index (χ4n) is 2.88. The van der Waals surface area contributed by atoms with E-state index in [9.17, 15) is 18.0 Å². The molecule has 0 aromatic heterocycles. The second-order valence-electron chi connectivity index (χ2n) is 6.62. The third-order valence-corrected chi connectivity index (χ3v) is 4.39. The number of amides is 1. The molecule has 1 atom stereocenters. The third kappa shape index (κ3) is 5.11. The topological polar surface area (TPSA) is 47.6 Å². The Morgan fingerprint density at radius 2 is 1.63 bits per heavy atom. The number of anilines is 1. The van der Waals surface area contributed by atoms with Crippen molar-refractivity contribution in [3.63, 3.8) is 0 Å². The van der Waals surface area contributed by atoms with E-state index >= 15 is 0 Å². The van der Waals surface area contributed by atoms with Crippen LogP contribution in [0.3, 0.4) is 0 Å². The summed E-state index contributed by atoms with van der Waals surface area (Å²) in [6.45, 7) is 1.88. The van der Waals surface area contributed by atoms with Gasteiger partial charge in [-0.25, -0.2) is 0 Å². The van der Waals surface area contributed by atoms with Crippen LogP contribution in [0.2, 0.25) is 0 Å². The highest BCUT2D eigenvalue weighted by atomic mass is 19.4. The quantitative estimate of drug-likeness (QED) is 0.555. The Morgan fingerprint density at radius 1 is 0.967 bits per heavy atom. The number of rotatable bonds is 6. The normalized spacial score (nSPS) is 12.2. The predicted molar refractivity (Wildman–Crippen MR) is 108 cm³/mol. The van der Waals surface area contributed by atoms with Crippen molar-refractivity contribution < 1.29 is 27.4 Å². The molecule has 3 aromatic carbocycles. The molecule has 4 nitrogen and oxygen atoms in total. The van der Waals surface area contributed by atoms with E-state index in [1.165, 1.54) is 19.2 Å². The number of carbonyl (C=O) groups excluding carboxylic acids is 1. The zero-order valence-electron chi connectivity index (χ0n) is 16.4. The van der Waals surface area contributed by atoms with Gasteiger partial charge in [0.2, 0.25) is 6.10 Å².